The highest BCUT2D eigenvalue weighted by molar-refractivity contribution is 7.12. The van der Waals surface area contributed by atoms with E-state index < -0.39 is 0 Å². The van der Waals surface area contributed by atoms with Crippen LogP contribution in [-0.4, -0.2) is 16.8 Å². The number of nitrogens with one attached hydrogen (secondary N) is 2. The van der Waals surface area contributed by atoms with Crippen molar-refractivity contribution in [2.24, 2.45) is 0 Å². The third kappa shape index (κ3) is 4.86. The minimum Gasteiger partial charge on any atom is -0.322 e. The topological polar surface area (TPSA) is 71.1 Å². The molecule has 5 nitrogen and oxygen atoms in total. The van der Waals surface area contributed by atoms with Gasteiger partial charge in [0.15, 0.2) is 0 Å². The van der Waals surface area contributed by atoms with Crippen LogP contribution in [0.15, 0.2) is 72.4 Å². The molecule has 2 aromatic heterocycles. The summed E-state index contributed by atoms with van der Waals surface area (Å²) < 4.78 is 0. The standard InChI is InChI=1S/C19H15N3O2S/c23-18(9-8-14-4-2-10-20-13-14)21-15-5-1-6-16(12-15)22-19(24)17-7-3-11-25-17/h1-13H,(H,21,23)(H,22,24)/b9-8+. The number of benzene rings is 1. The Hall–Kier alpha value is -3.25. The van der Waals surface area contributed by atoms with E-state index >= 15 is 0 Å². The van der Waals surface area contributed by atoms with Crippen LogP contribution in [0.5, 0.6) is 0 Å². The normalized spacial score (nSPS) is 10.6. The van der Waals surface area contributed by atoms with Crippen LogP contribution in [0.1, 0.15) is 15.2 Å². The number of hydrogen-bond donors (Lipinski definition) is 2. The first-order chi connectivity index (χ1) is 12.2. The number of amides is 2. The van der Waals surface area contributed by atoms with E-state index in [0.717, 1.165) is 5.56 Å². The number of anilines is 2. The molecule has 1 aromatic carbocycles. The Morgan fingerprint density at radius 1 is 1.00 bits per heavy atom. The molecule has 0 aliphatic rings. The maximum absolute atomic E-state index is 12.1. The van der Waals surface area contributed by atoms with Crippen molar-refractivity contribution in [1.29, 1.82) is 0 Å². The van der Waals surface area contributed by atoms with Crippen LogP contribution in [-0.2, 0) is 4.79 Å². The lowest BCUT2D eigenvalue weighted by atomic mass is 10.2. The van der Waals surface area contributed by atoms with Crippen molar-refractivity contribution in [3.8, 4) is 0 Å². The summed E-state index contributed by atoms with van der Waals surface area (Å²) >= 11 is 1.37. The van der Waals surface area contributed by atoms with Crippen LogP contribution in [0.4, 0.5) is 11.4 Å². The third-order valence-corrected chi connectivity index (χ3v) is 4.11. The van der Waals surface area contributed by atoms with E-state index in [1.807, 2.05) is 17.5 Å². The molecule has 3 rings (SSSR count). The Balaban J connectivity index is 1.62. The van der Waals surface area contributed by atoms with E-state index in [4.69, 9.17) is 0 Å². The van der Waals surface area contributed by atoms with Crippen LogP contribution in [0, 0.1) is 0 Å². The molecule has 0 bridgehead atoms. The molecule has 2 N–H and O–H groups in total. The summed E-state index contributed by atoms with van der Waals surface area (Å²) in [6.45, 7) is 0. The first-order valence-corrected chi connectivity index (χ1v) is 8.43. The molecule has 0 unspecified atom stereocenters. The molecule has 0 aliphatic heterocycles. The van der Waals surface area contributed by atoms with Crippen LogP contribution in [0.25, 0.3) is 6.08 Å². The van der Waals surface area contributed by atoms with Gasteiger partial charge in [0.25, 0.3) is 5.91 Å². The molecule has 0 saturated carbocycles. The van der Waals surface area contributed by atoms with E-state index in [-0.39, 0.29) is 11.8 Å². The Bertz CT molecular complexity index is 890. The van der Waals surface area contributed by atoms with Crippen molar-refractivity contribution in [3.05, 3.63) is 82.8 Å². The van der Waals surface area contributed by atoms with Gasteiger partial charge in [-0.25, -0.2) is 0 Å². The van der Waals surface area contributed by atoms with E-state index in [9.17, 15) is 9.59 Å². The van der Waals surface area contributed by atoms with Crippen LogP contribution in [0.2, 0.25) is 0 Å². The van der Waals surface area contributed by atoms with Crippen molar-refractivity contribution in [2.75, 3.05) is 10.6 Å². The van der Waals surface area contributed by atoms with Crippen LogP contribution >= 0.6 is 11.3 Å². The molecule has 124 valence electrons. The van der Waals surface area contributed by atoms with Crippen molar-refractivity contribution < 1.29 is 9.59 Å². The average molecular weight is 349 g/mol. The Morgan fingerprint density at radius 3 is 2.56 bits per heavy atom. The first kappa shape index (κ1) is 16.6. The lowest BCUT2D eigenvalue weighted by molar-refractivity contribution is -0.111. The van der Waals surface area contributed by atoms with Crippen molar-refractivity contribution >= 4 is 40.6 Å². The largest absolute Gasteiger partial charge is 0.322 e. The fraction of sp³-hybridized carbons (Fsp3) is 0. The molecule has 0 fully saturated rings. The average Bonchev–Trinajstić information content (AvgIpc) is 3.16. The maximum atomic E-state index is 12.1. The van der Waals surface area contributed by atoms with Gasteiger partial charge in [0.2, 0.25) is 5.91 Å². The minimum atomic E-state index is -0.259. The second-order valence-electron chi connectivity index (χ2n) is 5.12. The second-order valence-corrected chi connectivity index (χ2v) is 6.07. The summed E-state index contributed by atoms with van der Waals surface area (Å²) in [7, 11) is 0. The van der Waals surface area contributed by atoms with Crippen molar-refractivity contribution in [1.82, 2.24) is 4.98 Å². The minimum absolute atomic E-state index is 0.171. The maximum Gasteiger partial charge on any atom is 0.265 e. The second kappa shape index (κ2) is 8.03. The van der Waals surface area contributed by atoms with E-state index in [1.54, 1.807) is 54.9 Å². The van der Waals surface area contributed by atoms with Gasteiger partial charge < -0.3 is 10.6 Å². The van der Waals surface area contributed by atoms with Gasteiger partial charge in [0, 0.05) is 29.8 Å². The number of pyridine rings is 1. The van der Waals surface area contributed by atoms with Gasteiger partial charge in [-0.15, -0.1) is 11.3 Å². The van der Waals surface area contributed by atoms with Crippen LogP contribution < -0.4 is 10.6 Å². The van der Waals surface area contributed by atoms with Gasteiger partial charge in [0.1, 0.15) is 0 Å². The zero-order valence-corrected chi connectivity index (χ0v) is 14.0. The Kier molecular flexibility index (Phi) is 5.33. The Morgan fingerprint density at radius 2 is 1.84 bits per heavy atom. The zero-order valence-electron chi connectivity index (χ0n) is 13.2. The van der Waals surface area contributed by atoms with E-state index in [2.05, 4.69) is 15.6 Å². The van der Waals surface area contributed by atoms with Crippen LogP contribution in [0.3, 0.4) is 0 Å². The van der Waals surface area contributed by atoms with Crippen molar-refractivity contribution in [3.63, 3.8) is 0 Å². The third-order valence-electron chi connectivity index (χ3n) is 3.24. The molecule has 0 saturated heterocycles. The van der Waals surface area contributed by atoms with E-state index in [0.29, 0.717) is 16.3 Å². The number of thiophene rings is 1. The fourth-order valence-electron chi connectivity index (χ4n) is 2.11. The highest BCUT2D eigenvalue weighted by Gasteiger charge is 2.07. The monoisotopic (exact) mass is 349 g/mol. The zero-order chi connectivity index (χ0) is 17.5. The number of nitrogens with zero attached hydrogens (tertiary/aromatic N) is 1. The summed E-state index contributed by atoms with van der Waals surface area (Å²) in [5.74, 6) is -0.430. The summed E-state index contributed by atoms with van der Waals surface area (Å²) in [5.41, 5.74) is 2.06. The molecule has 0 spiro atoms. The Labute approximate surface area is 149 Å². The molecule has 6 heteroatoms. The SMILES string of the molecule is O=C(/C=C/c1cccnc1)Nc1cccc(NC(=O)c2cccs2)c1. The number of aromatic nitrogens is 1. The van der Waals surface area contributed by atoms with Gasteiger partial charge in [0.05, 0.1) is 4.88 Å². The molecular weight excluding hydrogens is 334 g/mol. The highest BCUT2D eigenvalue weighted by Crippen LogP contribution is 2.17. The molecular formula is C19H15N3O2S. The smallest absolute Gasteiger partial charge is 0.265 e. The summed E-state index contributed by atoms with van der Waals surface area (Å²) in [6.07, 6.45) is 6.47. The van der Waals surface area contributed by atoms with Crippen molar-refractivity contribution in [2.45, 2.75) is 0 Å². The molecule has 0 aliphatic carbocycles. The van der Waals surface area contributed by atoms with Gasteiger partial charge >= 0.3 is 0 Å². The van der Waals surface area contributed by atoms with Gasteiger partial charge in [-0.2, -0.15) is 0 Å². The summed E-state index contributed by atoms with van der Waals surface area (Å²) in [4.78, 5) is 28.7. The predicted molar refractivity (Wildman–Crippen MR) is 101 cm³/mol. The quantitative estimate of drug-likeness (QED) is 0.683. The summed E-state index contributed by atoms with van der Waals surface area (Å²) in [5, 5.41) is 7.42. The van der Waals surface area contributed by atoms with Gasteiger partial charge in [-0.1, -0.05) is 18.2 Å². The number of carbonyl (C=O) groups excluding carboxylic acids is 2. The molecule has 3 aromatic rings. The lowest BCUT2D eigenvalue weighted by Gasteiger charge is -2.07. The predicted octanol–water partition coefficient (Wildman–Crippen LogP) is 4.05. The molecule has 2 amide bonds. The highest BCUT2D eigenvalue weighted by atomic mass is 32.1. The number of rotatable bonds is 5. The first-order valence-electron chi connectivity index (χ1n) is 7.55. The molecule has 0 atom stereocenters. The fourth-order valence-corrected chi connectivity index (χ4v) is 2.72. The lowest BCUT2D eigenvalue weighted by Crippen LogP contribution is -2.11. The summed E-state index contributed by atoms with van der Waals surface area (Å²) in [6, 6.07) is 14.3. The molecule has 0 radical (unpaired) electrons. The van der Waals surface area contributed by atoms with E-state index in [1.165, 1.54) is 17.4 Å². The van der Waals surface area contributed by atoms with Gasteiger partial charge in [-0.05, 0) is 47.4 Å². The number of hydrogen-bond acceptors (Lipinski definition) is 4. The molecule has 25 heavy (non-hydrogen) atoms. The number of carbonyl (C=O) groups is 2. The molecule has 2 heterocycles. The van der Waals surface area contributed by atoms with Gasteiger partial charge in [-0.3, -0.25) is 14.6 Å².